The molecule has 0 aromatic heterocycles. The van der Waals surface area contributed by atoms with Gasteiger partial charge >= 0.3 is 0 Å². The van der Waals surface area contributed by atoms with Gasteiger partial charge in [0, 0.05) is 12.1 Å². The Kier molecular flexibility index (Phi) is 8.14. The fourth-order valence-electron chi connectivity index (χ4n) is 4.63. The third kappa shape index (κ3) is 5.62. The predicted octanol–water partition coefficient (Wildman–Crippen LogP) is 5.01. The molecule has 7 nitrogen and oxygen atoms in total. The van der Waals surface area contributed by atoms with Gasteiger partial charge in [-0.05, 0) is 80.1 Å². The molecule has 1 aliphatic heterocycles. The molecule has 1 amide bonds. The molecule has 194 valence electrons. The van der Waals surface area contributed by atoms with Gasteiger partial charge < -0.3 is 24.4 Å². The number of likely N-dealkylation sites (tertiary alicyclic amines) is 1. The quantitative estimate of drug-likeness (QED) is 0.239. The number of benzene rings is 3. The van der Waals surface area contributed by atoms with Crippen molar-refractivity contribution in [1.29, 1.82) is 0 Å². The average Bonchev–Trinajstić information content (AvgIpc) is 3.16. The number of fused-ring (bicyclic) bond motifs is 1. The SMILES string of the molecule is CCCOc1ccc(C2/C(=C(\O)c3ccc4cc(OC)ccc4c3)C(=O)C(=O)N2CCCN(C)C)cc1. The van der Waals surface area contributed by atoms with Crippen LogP contribution in [-0.2, 0) is 9.59 Å². The number of ketones is 1. The highest BCUT2D eigenvalue weighted by molar-refractivity contribution is 6.46. The summed E-state index contributed by atoms with van der Waals surface area (Å²) in [4.78, 5) is 30.1. The number of aliphatic hydroxyl groups is 1. The van der Waals surface area contributed by atoms with E-state index < -0.39 is 17.7 Å². The van der Waals surface area contributed by atoms with Crippen molar-refractivity contribution >= 4 is 28.2 Å². The van der Waals surface area contributed by atoms with Gasteiger partial charge in [0.15, 0.2) is 0 Å². The fourth-order valence-corrected chi connectivity index (χ4v) is 4.63. The van der Waals surface area contributed by atoms with Gasteiger partial charge in [-0.1, -0.05) is 37.3 Å². The molecule has 0 radical (unpaired) electrons. The van der Waals surface area contributed by atoms with Gasteiger partial charge in [0.05, 0.1) is 25.3 Å². The van der Waals surface area contributed by atoms with Crippen LogP contribution in [0.25, 0.3) is 16.5 Å². The largest absolute Gasteiger partial charge is 0.507 e. The number of amides is 1. The van der Waals surface area contributed by atoms with Gasteiger partial charge in [-0.2, -0.15) is 0 Å². The topological polar surface area (TPSA) is 79.3 Å². The standard InChI is InChI=1S/C30H34N2O5/c1-5-17-37-24-12-9-20(10-13-24)27-26(29(34)30(35)32(27)16-6-15-31(2)3)28(33)23-8-7-22-19-25(36-4)14-11-21(22)18-23/h7-14,18-19,27,33H,5-6,15-17H2,1-4H3/b28-26+. The van der Waals surface area contributed by atoms with E-state index in [0.717, 1.165) is 40.8 Å². The normalized spacial score (nSPS) is 17.1. The van der Waals surface area contributed by atoms with E-state index in [9.17, 15) is 14.7 Å². The molecular weight excluding hydrogens is 468 g/mol. The molecule has 1 aliphatic rings. The Morgan fingerprint density at radius 3 is 2.32 bits per heavy atom. The van der Waals surface area contributed by atoms with E-state index in [0.29, 0.717) is 25.1 Å². The van der Waals surface area contributed by atoms with Crippen LogP contribution in [-0.4, -0.2) is 67.5 Å². The Balaban J connectivity index is 1.77. The van der Waals surface area contributed by atoms with Crippen LogP contribution in [0.1, 0.15) is 36.9 Å². The molecule has 1 heterocycles. The number of nitrogens with zero attached hydrogens (tertiary/aromatic N) is 2. The minimum atomic E-state index is -0.686. The van der Waals surface area contributed by atoms with E-state index in [1.165, 1.54) is 0 Å². The van der Waals surface area contributed by atoms with Crippen LogP contribution in [0.4, 0.5) is 0 Å². The van der Waals surface area contributed by atoms with E-state index in [1.807, 2.05) is 80.5 Å². The number of Topliss-reactive ketones (excluding diaryl/α,β-unsaturated/α-hetero) is 1. The average molecular weight is 503 g/mol. The second-order valence-electron chi connectivity index (χ2n) is 9.49. The zero-order valence-electron chi connectivity index (χ0n) is 21.9. The van der Waals surface area contributed by atoms with E-state index in [1.54, 1.807) is 18.1 Å². The van der Waals surface area contributed by atoms with E-state index in [-0.39, 0.29) is 11.3 Å². The van der Waals surface area contributed by atoms with Crippen LogP contribution < -0.4 is 9.47 Å². The fraction of sp³-hybridized carbons (Fsp3) is 0.333. The molecule has 1 N–H and O–H groups in total. The Hall–Kier alpha value is -3.84. The summed E-state index contributed by atoms with van der Waals surface area (Å²) >= 11 is 0. The summed E-state index contributed by atoms with van der Waals surface area (Å²) in [7, 11) is 5.55. The number of aliphatic hydroxyl groups excluding tert-OH is 1. The Morgan fingerprint density at radius 2 is 1.65 bits per heavy atom. The maximum atomic E-state index is 13.3. The van der Waals surface area contributed by atoms with Crippen molar-refractivity contribution in [2.24, 2.45) is 0 Å². The second-order valence-corrected chi connectivity index (χ2v) is 9.49. The highest BCUT2D eigenvalue weighted by atomic mass is 16.5. The molecule has 7 heteroatoms. The zero-order valence-corrected chi connectivity index (χ0v) is 21.9. The van der Waals surface area contributed by atoms with Crippen LogP contribution in [0, 0.1) is 0 Å². The van der Waals surface area contributed by atoms with Gasteiger partial charge in [-0.15, -0.1) is 0 Å². The monoisotopic (exact) mass is 502 g/mol. The third-order valence-electron chi connectivity index (χ3n) is 6.53. The summed E-state index contributed by atoms with van der Waals surface area (Å²) in [5, 5.41) is 13.3. The number of hydrogen-bond acceptors (Lipinski definition) is 6. The van der Waals surface area contributed by atoms with Gasteiger partial charge in [0.1, 0.15) is 17.3 Å². The van der Waals surface area contributed by atoms with Crippen molar-refractivity contribution in [3.8, 4) is 11.5 Å². The molecule has 1 saturated heterocycles. The van der Waals surface area contributed by atoms with E-state index >= 15 is 0 Å². The van der Waals surface area contributed by atoms with Crippen LogP contribution in [0.15, 0.2) is 66.2 Å². The first kappa shape index (κ1) is 26.2. The molecule has 0 bridgehead atoms. The molecule has 0 aliphatic carbocycles. The van der Waals surface area contributed by atoms with Crippen LogP contribution in [0.2, 0.25) is 0 Å². The van der Waals surface area contributed by atoms with Crippen molar-refractivity contribution in [2.45, 2.75) is 25.8 Å². The maximum Gasteiger partial charge on any atom is 0.295 e. The Morgan fingerprint density at radius 1 is 0.973 bits per heavy atom. The maximum absolute atomic E-state index is 13.3. The highest BCUT2D eigenvalue weighted by Gasteiger charge is 2.45. The third-order valence-corrected chi connectivity index (χ3v) is 6.53. The van der Waals surface area contributed by atoms with Gasteiger partial charge in [0.25, 0.3) is 11.7 Å². The summed E-state index contributed by atoms with van der Waals surface area (Å²) in [5.41, 5.74) is 1.33. The lowest BCUT2D eigenvalue weighted by Gasteiger charge is -2.26. The molecule has 1 atom stereocenters. The number of carbonyl (C=O) groups is 2. The number of ether oxygens (including phenoxy) is 2. The lowest BCUT2D eigenvalue weighted by atomic mass is 9.94. The summed E-state index contributed by atoms with van der Waals surface area (Å²) < 4.78 is 11.0. The number of carbonyl (C=O) groups excluding carboxylic acids is 2. The van der Waals surface area contributed by atoms with Gasteiger partial charge in [-0.3, -0.25) is 9.59 Å². The Labute approximate surface area is 217 Å². The van der Waals surface area contributed by atoms with Crippen LogP contribution in [0.5, 0.6) is 11.5 Å². The first-order valence-electron chi connectivity index (χ1n) is 12.6. The lowest BCUT2D eigenvalue weighted by molar-refractivity contribution is -0.139. The highest BCUT2D eigenvalue weighted by Crippen LogP contribution is 2.40. The lowest BCUT2D eigenvalue weighted by Crippen LogP contribution is -2.32. The number of methoxy groups -OCH3 is 1. The van der Waals surface area contributed by atoms with Crippen molar-refractivity contribution < 1.29 is 24.2 Å². The molecule has 3 aromatic rings. The summed E-state index contributed by atoms with van der Waals surface area (Å²) in [5.74, 6) is 0.0115. The van der Waals surface area contributed by atoms with Crippen molar-refractivity contribution in [3.05, 3.63) is 77.4 Å². The number of rotatable bonds is 10. The van der Waals surface area contributed by atoms with Gasteiger partial charge in [0.2, 0.25) is 0 Å². The molecule has 1 fully saturated rings. The van der Waals surface area contributed by atoms with E-state index in [2.05, 4.69) is 0 Å². The van der Waals surface area contributed by atoms with Crippen LogP contribution in [0.3, 0.4) is 0 Å². The second kappa shape index (κ2) is 11.5. The van der Waals surface area contributed by atoms with Gasteiger partial charge in [-0.25, -0.2) is 0 Å². The molecule has 4 rings (SSSR count). The molecule has 0 saturated carbocycles. The molecule has 1 unspecified atom stereocenters. The molecular formula is C30H34N2O5. The zero-order chi connectivity index (χ0) is 26.5. The first-order valence-corrected chi connectivity index (χ1v) is 12.6. The summed E-state index contributed by atoms with van der Waals surface area (Å²) in [6.45, 7) is 3.82. The summed E-state index contributed by atoms with van der Waals surface area (Å²) in [6, 6.07) is 17.8. The minimum Gasteiger partial charge on any atom is -0.507 e. The summed E-state index contributed by atoms with van der Waals surface area (Å²) in [6.07, 6.45) is 1.60. The van der Waals surface area contributed by atoms with E-state index in [4.69, 9.17) is 9.47 Å². The molecule has 3 aromatic carbocycles. The first-order chi connectivity index (χ1) is 17.8. The van der Waals surface area contributed by atoms with Crippen molar-refractivity contribution in [1.82, 2.24) is 9.80 Å². The smallest absolute Gasteiger partial charge is 0.295 e. The van der Waals surface area contributed by atoms with Crippen molar-refractivity contribution in [3.63, 3.8) is 0 Å². The van der Waals surface area contributed by atoms with Crippen molar-refractivity contribution in [2.75, 3.05) is 40.9 Å². The predicted molar refractivity (Wildman–Crippen MR) is 145 cm³/mol. The minimum absolute atomic E-state index is 0.102. The molecule has 37 heavy (non-hydrogen) atoms. The van der Waals surface area contributed by atoms with Crippen LogP contribution >= 0.6 is 0 Å². The Bertz CT molecular complexity index is 1310. The molecule has 0 spiro atoms. The number of hydrogen-bond donors (Lipinski definition) is 1.